The number of aryl methyl sites for hydroxylation is 1. The summed E-state index contributed by atoms with van der Waals surface area (Å²) in [5, 5.41) is 0. The Morgan fingerprint density at radius 1 is 1.15 bits per heavy atom. The Morgan fingerprint density at radius 3 is 2.30 bits per heavy atom. The second-order valence-electron chi connectivity index (χ2n) is 6.38. The van der Waals surface area contributed by atoms with Crippen LogP contribution in [0.25, 0.3) is 11.0 Å². The van der Waals surface area contributed by atoms with E-state index in [0.29, 0.717) is 17.9 Å². The van der Waals surface area contributed by atoms with Crippen LogP contribution in [0.15, 0.2) is 6.20 Å². The van der Waals surface area contributed by atoms with Crippen LogP contribution in [0.1, 0.15) is 82.9 Å². The number of hydrogen-bond donors (Lipinski definition) is 0. The van der Waals surface area contributed by atoms with Crippen molar-refractivity contribution >= 4 is 11.0 Å². The van der Waals surface area contributed by atoms with Gasteiger partial charge in [0.15, 0.2) is 0 Å². The molecule has 0 spiro atoms. The zero-order chi connectivity index (χ0) is 15.0. The van der Waals surface area contributed by atoms with E-state index in [9.17, 15) is 0 Å². The van der Waals surface area contributed by atoms with Gasteiger partial charge in [-0.1, -0.05) is 27.7 Å². The average Bonchev–Trinajstić information content (AvgIpc) is 2.72. The number of aromatic nitrogens is 3. The van der Waals surface area contributed by atoms with E-state index in [2.05, 4.69) is 51.1 Å². The zero-order valence-corrected chi connectivity index (χ0v) is 13.9. The number of fused-ring (bicyclic) bond motifs is 1. The molecule has 1 unspecified atom stereocenters. The van der Waals surface area contributed by atoms with Crippen LogP contribution >= 0.6 is 0 Å². The van der Waals surface area contributed by atoms with Gasteiger partial charge >= 0.3 is 0 Å². The molecule has 2 aromatic heterocycles. The van der Waals surface area contributed by atoms with Crippen LogP contribution in [0, 0.1) is 6.92 Å². The summed E-state index contributed by atoms with van der Waals surface area (Å²) in [6.07, 6.45) is 3.13. The summed E-state index contributed by atoms with van der Waals surface area (Å²) in [7, 11) is 0. The first-order valence-corrected chi connectivity index (χ1v) is 7.75. The highest BCUT2D eigenvalue weighted by Crippen LogP contribution is 2.38. The van der Waals surface area contributed by atoms with Crippen molar-refractivity contribution in [2.45, 2.75) is 72.8 Å². The number of rotatable bonds is 4. The molecular formula is C17H27N3. The summed E-state index contributed by atoms with van der Waals surface area (Å²) in [4.78, 5) is 9.18. The lowest BCUT2D eigenvalue weighted by molar-refractivity contribution is 0.565. The van der Waals surface area contributed by atoms with Crippen molar-refractivity contribution in [1.82, 2.24) is 14.5 Å². The van der Waals surface area contributed by atoms with Crippen molar-refractivity contribution in [3.63, 3.8) is 0 Å². The van der Waals surface area contributed by atoms with E-state index >= 15 is 0 Å². The fourth-order valence-electron chi connectivity index (χ4n) is 3.05. The largest absolute Gasteiger partial charge is 0.339 e. The van der Waals surface area contributed by atoms with Crippen LogP contribution in [-0.4, -0.2) is 14.5 Å². The van der Waals surface area contributed by atoms with E-state index in [0.717, 1.165) is 17.8 Å². The van der Waals surface area contributed by atoms with Crippen molar-refractivity contribution in [3.8, 4) is 0 Å². The van der Waals surface area contributed by atoms with Gasteiger partial charge in [-0.15, -0.1) is 0 Å². The SMILES string of the molecule is CCC(C)c1c(C(C)C)n(C(C)C)c2cnc(C)nc12. The van der Waals surface area contributed by atoms with Crippen LogP contribution in [0.4, 0.5) is 0 Å². The van der Waals surface area contributed by atoms with Crippen molar-refractivity contribution in [2.75, 3.05) is 0 Å². The second-order valence-corrected chi connectivity index (χ2v) is 6.38. The summed E-state index contributed by atoms with van der Waals surface area (Å²) in [6, 6.07) is 0.430. The molecule has 0 N–H and O–H groups in total. The molecule has 0 aromatic carbocycles. The molecule has 2 heterocycles. The predicted octanol–water partition coefficient (Wildman–Crippen LogP) is 4.96. The van der Waals surface area contributed by atoms with Crippen LogP contribution in [0.3, 0.4) is 0 Å². The summed E-state index contributed by atoms with van der Waals surface area (Å²) in [5.74, 6) is 1.89. The van der Waals surface area contributed by atoms with E-state index in [-0.39, 0.29) is 0 Å². The molecule has 2 aromatic rings. The first kappa shape index (κ1) is 15.0. The Labute approximate surface area is 122 Å². The summed E-state index contributed by atoms with van der Waals surface area (Å²) in [5.41, 5.74) is 5.20. The van der Waals surface area contributed by atoms with Gasteiger partial charge in [-0.2, -0.15) is 0 Å². The molecule has 20 heavy (non-hydrogen) atoms. The third-order valence-electron chi connectivity index (χ3n) is 4.11. The van der Waals surface area contributed by atoms with Gasteiger partial charge in [0.1, 0.15) is 5.82 Å². The maximum absolute atomic E-state index is 4.76. The van der Waals surface area contributed by atoms with Crippen molar-refractivity contribution < 1.29 is 0 Å². The highest BCUT2D eigenvalue weighted by atomic mass is 15.1. The molecule has 0 saturated carbocycles. The predicted molar refractivity (Wildman–Crippen MR) is 85.4 cm³/mol. The molecular weight excluding hydrogens is 246 g/mol. The maximum Gasteiger partial charge on any atom is 0.126 e. The van der Waals surface area contributed by atoms with Crippen LogP contribution in [0.5, 0.6) is 0 Å². The van der Waals surface area contributed by atoms with Gasteiger partial charge in [0.2, 0.25) is 0 Å². The lowest BCUT2D eigenvalue weighted by atomic mass is 9.93. The van der Waals surface area contributed by atoms with Crippen molar-refractivity contribution in [1.29, 1.82) is 0 Å². The molecule has 3 heteroatoms. The van der Waals surface area contributed by atoms with Crippen LogP contribution in [-0.2, 0) is 0 Å². The molecule has 0 aliphatic heterocycles. The minimum Gasteiger partial charge on any atom is -0.339 e. The van der Waals surface area contributed by atoms with E-state index in [1.807, 2.05) is 13.1 Å². The van der Waals surface area contributed by atoms with Gasteiger partial charge in [0, 0.05) is 17.3 Å². The molecule has 0 aliphatic carbocycles. The first-order chi connectivity index (χ1) is 9.38. The Bertz CT molecular complexity index is 608. The van der Waals surface area contributed by atoms with E-state index in [1.165, 1.54) is 16.8 Å². The van der Waals surface area contributed by atoms with Crippen molar-refractivity contribution in [2.24, 2.45) is 0 Å². The summed E-state index contributed by atoms with van der Waals surface area (Å²) >= 11 is 0. The van der Waals surface area contributed by atoms with Gasteiger partial charge in [-0.25, -0.2) is 9.97 Å². The molecule has 0 aliphatic rings. The van der Waals surface area contributed by atoms with E-state index < -0.39 is 0 Å². The third kappa shape index (κ3) is 2.34. The van der Waals surface area contributed by atoms with Crippen molar-refractivity contribution in [3.05, 3.63) is 23.3 Å². The first-order valence-electron chi connectivity index (χ1n) is 7.75. The number of hydrogen-bond acceptors (Lipinski definition) is 2. The van der Waals surface area contributed by atoms with Gasteiger partial charge in [-0.3, -0.25) is 0 Å². The third-order valence-corrected chi connectivity index (χ3v) is 4.11. The molecule has 3 nitrogen and oxygen atoms in total. The molecule has 0 fully saturated rings. The molecule has 2 rings (SSSR count). The molecule has 1 atom stereocenters. The van der Waals surface area contributed by atoms with E-state index in [4.69, 9.17) is 4.98 Å². The maximum atomic E-state index is 4.76. The second kappa shape index (κ2) is 5.55. The highest BCUT2D eigenvalue weighted by Gasteiger charge is 2.25. The highest BCUT2D eigenvalue weighted by molar-refractivity contribution is 5.82. The fourth-order valence-corrected chi connectivity index (χ4v) is 3.05. The summed E-state index contributed by atoms with van der Waals surface area (Å²) < 4.78 is 2.43. The zero-order valence-electron chi connectivity index (χ0n) is 13.9. The minimum absolute atomic E-state index is 0.430. The lowest BCUT2D eigenvalue weighted by Gasteiger charge is -2.20. The Hall–Kier alpha value is -1.38. The lowest BCUT2D eigenvalue weighted by Crippen LogP contribution is -2.09. The topological polar surface area (TPSA) is 30.7 Å². The Balaban J connectivity index is 2.91. The van der Waals surface area contributed by atoms with E-state index in [1.54, 1.807) is 0 Å². The standard InChI is InChI=1S/C17H27N3/c1-8-12(6)15-16-14(9-18-13(7)19-16)20(11(4)5)17(15)10(2)3/h9-12H,8H2,1-7H3. The molecule has 0 bridgehead atoms. The fraction of sp³-hybridized carbons (Fsp3) is 0.647. The molecule has 110 valence electrons. The molecule has 0 amide bonds. The normalized spacial score (nSPS) is 13.7. The monoisotopic (exact) mass is 273 g/mol. The average molecular weight is 273 g/mol. The van der Waals surface area contributed by atoms with Gasteiger partial charge in [0.05, 0.1) is 17.2 Å². The van der Waals surface area contributed by atoms with Gasteiger partial charge in [-0.05, 0) is 39.0 Å². The van der Waals surface area contributed by atoms with Gasteiger partial charge < -0.3 is 4.57 Å². The van der Waals surface area contributed by atoms with Crippen LogP contribution in [0.2, 0.25) is 0 Å². The molecule has 0 saturated heterocycles. The quantitative estimate of drug-likeness (QED) is 0.788. The van der Waals surface area contributed by atoms with Gasteiger partial charge in [0.25, 0.3) is 0 Å². The Kier molecular flexibility index (Phi) is 4.17. The minimum atomic E-state index is 0.430. The smallest absolute Gasteiger partial charge is 0.126 e. The molecule has 0 radical (unpaired) electrons. The Morgan fingerprint density at radius 2 is 1.80 bits per heavy atom. The number of nitrogens with zero attached hydrogens (tertiary/aromatic N) is 3. The van der Waals surface area contributed by atoms with Crippen LogP contribution < -0.4 is 0 Å². The summed E-state index contributed by atoms with van der Waals surface area (Å²) in [6.45, 7) is 15.6.